The molecule has 0 aliphatic heterocycles. The molecule has 1 aromatic heterocycles. The zero-order valence-corrected chi connectivity index (χ0v) is 11.6. The highest BCUT2D eigenvalue weighted by molar-refractivity contribution is 8.00. The molecule has 2 nitrogen and oxygen atoms in total. The molecule has 0 aliphatic carbocycles. The average molecular weight is 298 g/mol. The molecule has 0 aliphatic rings. The Balaban J connectivity index is 2.07. The van der Waals surface area contributed by atoms with Crippen LogP contribution in [0.1, 0.15) is 11.3 Å². The predicted octanol–water partition coefficient (Wildman–Crippen LogP) is 4.61. The summed E-state index contributed by atoms with van der Waals surface area (Å²) < 4.78 is 37.4. The fourth-order valence-corrected chi connectivity index (χ4v) is 2.27. The van der Waals surface area contributed by atoms with Gasteiger partial charge in [-0.15, -0.1) is 0 Å². The van der Waals surface area contributed by atoms with Gasteiger partial charge < -0.3 is 5.32 Å². The van der Waals surface area contributed by atoms with Gasteiger partial charge >= 0.3 is 5.51 Å². The SMILES string of the molecule is Cc1ccc(CNc2ccccc2SC(F)(F)F)cn1. The van der Waals surface area contributed by atoms with Crippen LogP contribution in [-0.2, 0) is 6.54 Å². The fraction of sp³-hybridized carbons (Fsp3) is 0.214. The molecule has 0 saturated heterocycles. The van der Waals surface area contributed by atoms with E-state index in [4.69, 9.17) is 0 Å². The number of pyridine rings is 1. The summed E-state index contributed by atoms with van der Waals surface area (Å²) in [6.07, 6.45) is 1.71. The smallest absolute Gasteiger partial charge is 0.380 e. The van der Waals surface area contributed by atoms with Gasteiger partial charge in [-0.25, -0.2) is 0 Å². The van der Waals surface area contributed by atoms with Gasteiger partial charge in [0.15, 0.2) is 0 Å². The van der Waals surface area contributed by atoms with E-state index in [9.17, 15) is 13.2 Å². The molecule has 0 fully saturated rings. The molecule has 0 radical (unpaired) electrons. The number of aromatic nitrogens is 1. The van der Waals surface area contributed by atoms with Crippen molar-refractivity contribution in [3.8, 4) is 0 Å². The van der Waals surface area contributed by atoms with Gasteiger partial charge in [-0.1, -0.05) is 18.2 Å². The summed E-state index contributed by atoms with van der Waals surface area (Å²) in [4.78, 5) is 4.31. The lowest BCUT2D eigenvalue weighted by molar-refractivity contribution is -0.0327. The minimum atomic E-state index is -4.29. The summed E-state index contributed by atoms with van der Waals surface area (Å²) in [5.41, 5.74) is -2.00. The van der Waals surface area contributed by atoms with Crippen LogP contribution < -0.4 is 5.32 Å². The summed E-state index contributed by atoms with van der Waals surface area (Å²) in [6.45, 7) is 2.31. The number of para-hydroxylation sites is 1. The predicted molar refractivity (Wildman–Crippen MR) is 74.7 cm³/mol. The number of anilines is 1. The molecule has 0 bridgehead atoms. The third-order valence-corrected chi connectivity index (χ3v) is 3.38. The molecule has 0 saturated carbocycles. The van der Waals surface area contributed by atoms with Crippen LogP contribution in [0.4, 0.5) is 18.9 Å². The van der Waals surface area contributed by atoms with Crippen LogP contribution in [0.2, 0.25) is 0 Å². The quantitative estimate of drug-likeness (QED) is 0.834. The number of nitrogens with one attached hydrogen (secondary N) is 1. The van der Waals surface area contributed by atoms with Gasteiger partial charge in [0, 0.05) is 29.0 Å². The number of nitrogens with zero attached hydrogens (tertiary/aromatic N) is 1. The van der Waals surface area contributed by atoms with Crippen molar-refractivity contribution in [1.29, 1.82) is 0 Å². The lowest BCUT2D eigenvalue weighted by atomic mass is 10.2. The van der Waals surface area contributed by atoms with Crippen LogP contribution in [-0.4, -0.2) is 10.5 Å². The van der Waals surface area contributed by atoms with E-state index in [1.165, 1.54) is 6.07 Å². The monoisotopic (exact) mass is 298 g/mol. The van der Waals surface area contributed by atoms with Crippen LogP contribution in [0.15, 0.2) is 47.5 Å². The Morgan fingerprint density at radius 3 is 2.55 bits per heavy atom. The molecule has 2 aromatic rings. The van der Waals surface area contributed by atoms with Crippen LogP contribution in [0, 0.1) is 6.92 Å². The number of halogens is 3. The Bertz CT molecular complexity index is 567. The highest BCUT2D eigenvalue weighted by Crippen LogP contribution is 2.40. The Morgan fingerprint density at radius 2 is 1.90 bits per heavy atom. The van der Waals surface area contributed by atoms with Crippen molar-refractivity contribution < 1.29 is 13.2 Å². The number of rotatable bonds is 4. The molecule has 1 heterocycles. The summed E-state index contributed by atoms with van der Waals surface area (Å²) in [6, 6.07) is 10.1. The standard InChI is InChI=1S/C14H13F3N2S/c1-10-6-7-11(8-18-10)9-19-12-4-2-3-5-13(12)20-14(15,16)17/h2-8,19H,9H2,1H3. The average Bonchev–Trinajstić information content (AvgIpc) is 2.38. The lowest BCUT2D eigenvalue weighted by Crippen LogP contribution is -2.04. The Kier molecular flexibility index (Phi) is 4.54. The number of aryl methyl sites for hydroxylation is 1. The molecular weight excluding hydrogens is 285 g/mol. The third-order valence-electron chi connectivity index (χ3n) is 2.57. The highest BCUT2D eigenvalue weighted by atomic mass is 32.2. The van der Waals surface area contributed by atoms with E-state index in [2.05, 4.69) is 10.3 Å². The van der Waals surface area contributed by atoms with E-state index >= 15 is 0 Å². The van der Waals surface area contributed by atoms with Gasteiger partial charge in [-0.05, 0) is 42.4 Å². The summed E-state index contributed by atoms with van der Waals surface area (Å²) in [5.74, 6) is 0. The topological polar surface area (TPSA) is 24.9 Å². The van der Waals surface area contributed by atoms with Crippen molar-refractivity contribution >= 4 is 17.4 Å². The first-order valence-corrected chi connectivity index (χ1v) is 6.76. The second-order valence-corrected chi connectivity index (χ2v) is 5.31. The Morgan fingerprint density at radius 1 is 1.15 bits per heavy atom. The van der Waals surface area contributed by atoms with Gasteiger partial charge in [0.05, 0.1) is 0 Å². The first-order valence-electron chi connectivity index (χ1n) is 5.94. The Labute approximate surface area is 119 Å². The van der Waals surface area contributed by atoms with Crippen molar-refractivity contribution in [2.75, 3.05) is 5.32 Å². The van der Waals surface area contributed by atoms with Gasteiger partial charge in [-0.2, -0.15) is 13.2 Å². The molecule has 0 spiro atoms. The van der Waals surface area contributed by atoms with Crippen molar-refractivity contribution in [1.82, 2.24) is 4.98 Å². The normalized spacial score (nSPS) is 11.4. The van der Waals surface area contributed by atoms with E-state index in [0.29, 0.717) is 12.2 Å². The van der Waals surface area contributed by atoms with Crippen molar-refractivity contribution in [2.24, 2.45) is 0 Å². The maximum atomic E-state index is 12.5. The first kappa shape index (κ1) is 14.7. The minimum Gasteiger partial charge on any atom is -0.380 e. The zero-order valence-electron chi connectivity index (χ0n) is 10.7. The molecule has 6 heteroatoms. The molecule has 20 heavy (non-hydrogen) atoms. The fourth-order valence-electron chi connectivity index (χ4n) is 1.63. The molecule has 2 rings (SSSR count). The number of thioether (sulfide) groups is 1. The largest absolute Gasteiger partial charge is 0.446 e. The lowest BCUT2D eigenvalue weighted by Gasteiger charge is -2.13. The third kappa shape index (κ3) is 4.45. The second kappa shape index (κ2) is 6.17. The number of benzene rings is 1. The molecule has 0 atom stereocenters. The Hall–Kier alpha value is -1.69. The van der Waals surface area contributed by atoms with Gasteiger partial charge in [0.2, 0.25) is 0 Å². The van der Waals surface area contributed by atoms with Gasteiger partial charge in [0.1, 0.15) is 0 Å². The zero-order chi connectivity index (χ0) is 14.6. The van der Waals surface area contributed by atoms with E-state index in [0.717, 1.165) is 11.3 Å². The highest BCUT2D eigenvalue weighted by Gasteiger charge is 2.30. The summed E-state index contributed by atoms with van der Waals surface area (Å²) in [7, 11) is 0. The van der Waals surface area contributed by atoms with E-state index in [1.54, 1.807) is 24.4 Å². The van der Waals surface area contributed by atoms with Crippen LogP contribution in [0.5, 0.6) is 0 Å². The van der Waals surface area contributed by atoms with Crippen molar-refractivity contribution in [3.05, 3.63) is 53.9 Å². The van der Waals surface area contributed by atoms with Crippen molar-refractivity contribution in [3.63, 3.8) is 0 Å². The summed E-state index contributed by atoms with van der Waals surface area (Å²) >= 11 is -0.113. The molecular formula is C14H13F3N2S. The molecule has 1 N–H and O–H groups in total. The second-order valence-electron chi connectivity index (χ2n) is 4.21. The van der Waals surface area contributed by atoms with Gasteiger partial charge in [0.25, 0.3) is 0 Å². The maximum absolute atomic E-state index is 12.5. The van der Waals surface area contributed by atoms with Crippen LogP contribution in [0.25, 0.3) is 0 Å². The van der Waals surface area contributed by atoms with E-state index in [1.807, 2.05) is 19.1 Å². The minimum absolute atomic E-state index is 0.113. The number of hydrogen-bond acceptors (Lipinski definition) is 3. The molecule has 0 amide bonds. The van der Waals surface area contributed by atoms with Gasteiger partial charge in [-0.3, -0.25) is 4.98 Å². The molecule has 0 unspecified atom stereocenters. The molecule has 106 valence electrons. The molecule has 1 aromatic carbocycles. The van der Waals surface area contributed by atoms with Crippen molar-refractivity contribution in [2.45, 2.75) is 23.9 Å². The van der Waals surface area contributed by atoms with E-state index in [-0.39, 0.29) is 16.7 Å². The number of alkyl halides is 3. The van der Waals surface area contributed by atoms with Crippen LogP contribution >= 0.6 is 11.8 Å². The summed E-state index contributed by atoms with van der Waals surface area (Å²) in [5, 5.41) is 3.01. The van der Waals surface area contributed by atoms with E-state index < -0.39 is 5.51 Å². The first-order chi connectivity index (χ1) is 9.44. The number of hydrogen-bond donors (Lipinski definition) is 1. The maximum Gasteiger partial charge on any atom is 0.446 e. The van der Waals surface area contributed by atoms with Crippen LogP contribution in [0.3, 0.4) is 0 Å².